The molecule has 5 nitrogen and oxygen atoms in total. The minimum atomic E-state index is -0.985. The summed E-state index contributed by atoms with van der Waals surface area (Å²) < 4.78 is 1.46. The molecular weight excluding hydrogens is 218 g/mol. The van der Waals surface area contributed by atoms with Crippen molar-refractivity contribution in [3.63, 3.8) is 0 Å². The smallest absolute Gasteiger partial charge is 0.354 e. The summed E-state index contributed by atoms with van der Waals surface area (Å²) in [5.41, 5.74) is 2.41. The zero-order valence-corrected chi connectivity index (χ0v) is 9.71. The fraction of sp³-hybridized carbons (Fsp3) is 0.250. The van der Waals surface area contributed by atoms with E-state index in [1.165, 1.54) is 4.68 Å². The monoisotopic (exact) mass is 231 g/mol. The van der Waals surface area contributed by atoms with Crippen LogP contribution in [0.2, 0.25) is 0 Å². The summed E-state index contributed by atoms with van der Waals surface area (Å²) in [5, 5.41) is 13.2. The van der Waals surface area contributed by atoms with Crippen LogP contribution in [0.15, 0.2) is 24.5 Å². The maximum Gasteiger partial charge on any atom is 0.354 e. The van der Waals surface area contributed by atoms with Gasteiger partial charge in [0, 0.05) is 12.7 Å². The summed E-state index contributed by atoms with van der Waals surface area (Å²) in [4.78, 5) is 15.4. The first kappa shape index (κ1) is 11.3. The average Bonchev–Trinajstić information content (AvgIpc) is 2.73. The van der Waals surface area contributed by atoms with Gasteiger partial charge in [0.1, 0.15) is 0 Å². The number of aryl methyl sites for hydroxylation is 2. The van der Waals surface area contributed by atoms with Gasteiger partial charge in [-0.1, -0.05) is 6.07 Å². The van der Waals surface area contributed by atoms with Gasteiger partial charge in [0.05, 0.1) is 17.5 Å². The zero-order chi connectivity index (χ0) is 12.4. The van der Waals surface area contributed by atoms with Crippen LogP contribution < -0.4 is 0 Å². The highest BCUT2D eigenvalue weighted by Gasteiger charge is 2.18. The van der Waals surface area contributed by atoms with E-state index in [9.17, 15) is 9.90 Å². The van der Waals surface area contributed by atoms with E-state index in [4.69, 9.17) is 0 Å². The lowest BCUT2D eigenvalue weighted by atomic mass is 10.1. The van der Waals surface area contributed by atoms with E-state index in [2.05, 4.69) is 10.1 Å². The summed E-state index contributed by atoms with van der Waals surface area (Å²) in [6.45, 7) is 4.31. The quantitative estimate of drug-likeness (QED) is 0.876. The molecule has 0 fully saturated rings. The van der Waals surface area contributed by atoms with Crippen molar-refractivity contribution < 1.29 is 9.90 Å². The van der Waals surface area contributed by atoms with Crippen molar-refractivity contribution in [2.24, 2.45) is 0 Å². The minimum Gasteiger partial charge on any atom is -0.477 e. The number of aromatic carboxylic acids is 1. The molecule has 17 heavy (non-hydrogen) atoms. The molecule has 0 saturated carbocycles. The number of hydrogen-bond acceptors (Lipinski definition) is 3. The second-order valence-corrected chi connectivity index (χ2v) is 3.75. The second-order valence-electron chi connectivity index (χ2n) is 3.75. The van der Waals surface area contributed by atoms with Crippen LogP contribution >= 0.6 is 0 Å². The normalized spacial score (nSPS) is 10.5. The molecule has 0 aliphatic heterocycles. The van der Waals surface area contributed by atoms with E-state index in [1.54, 1.807) is 18.5 Å². The van der Waals surface area contributed by atoms with Crippen molar-refractivity contribution in [3.8, 4) is 11.3 Å². The molecule has 0 amide bonds. The van der Waals surface area contributed by atoms with Crippen molar-refractivity contribution in [1.82, 2.24) is 14.8 Å². The van der Waals surface area contributed by atoms with Crippen molar-refractivity contribution in [2.75, 3.05) is 0 Å². The maximum absolute atomic E-state index is 11.2. The van der Waals surface area contributed by atoms with Crippen LogP contribution in [0.1, 0.15) is 23.0 Å². The molecule has 88 valence electrons. The summed E-state index contributed by atoms with van der Waals surface area (Å²) in [6, 6.07) is 3.70. The fourth-order valence-corrected chi connectivity index (χ4v) is 1.67. The summed E-state index contributed by atoms with van der Waals surface area (Å²) in [5.74, 6) is -0.985. The van der Waals surface area contributed by atoms with Gasteiger partial charge in [-0.15, -0.1) is 0 Å². The molecule has 0 radical (unpaired) electrons. The molecule has 0 aliphatic carbocycles. The van der Waals surface area contributed by atoms with E-state index in [0.29, 0.717) is 17.8 Å². The van der Waals surface area contributed by atoms with Crippen LogP contribution in [0.3, 0.4) is 0 Å². The first-order valence-corrected chi connectivity index (χ1v) is 5.35. The standard InChI is InChI=1S/C12H13N3O2/c1-3-15-11(12(16)17)9(7-14-15)10-5-4-8(2)6-13-10/h4-7H,3H2,1-2H3,(H,16,17). The molecule has 2 heterocycles. The second kappa shape index (κ2) is 4.37. The average molecular weight is 231 g/mol. The third-order valence-electron chi connectivity index (χ3n) is 2.53. The highest BCUT2D eigenvalue weighted by molar-refractivity contribution is 5.93. The van der Waals surface area contributed by atoms with E-state index < -0.39 is 5.97 Å². The Morgan fingerprint density at radius 2 is 2.18 bits per heavy atom. The molecule has 5 heteroatoms. The lowest BCUT2D eigenvalue weighted by molar-refractivity contribution is 0.0684. The number of pyridine rings is 1. The van der Waals surface area contributed by atoms with Crippen LogP contribution in [0.4, 0.5) is 0 Å². The van der Waals surface area contributed by atoms with Gasteiger partial charge in [0.15, 0.2) is 5.69 Å². The Morgan fingerprint density at radius 3 is 2.71 bits per heavy atom. The zero-order valence-electron chi connectivity index (χ0n) is 9.71. The molecule has 2 rings (SSSR count). The Labute approximate surface area is 98.7 Å². The van der Waals surface area contributed by atoms with Crippen LogP contribution in [-0.2, 0) is 6.54 Å². The molecule has 0 aromatic carbocycles. The van der Waals surface area contributed by atoms with Gasteiger partial charge in [-0.25, -0.2) is 4.79 Å². The van der Waals surface area contributed by atoms with Crippen molar-refractivity contribution in [1.29, 1.82) is 0 Å². The van der Waals surface area contributed by atoms with Gasteiger partial charge in [0.2, 0.25) is 0 Å². The Kier molecular flexibility index (Phi) is 2.91. The SMILES string of the molecule is CCn1ncc(-c2ccc(C)cn2)c1C(=O)O. The van der Waals surface area contributed by atoms with Crippen molar-refractivity contribution in [2.45, 2.75) is 20.4 Å². The highest BCUT2D eigenvalue weighted by Crippen LogP contribution is 2.21. The third kappa shape index (κ3) is 2.04. The topological polar surface area (TPSA) is 68.0 Å². The van der Waals surface area contributed by atoms with Crippen LogP contribution in [0.5, 0.6) is 0 Å². The number of hydrogen-bond donors (Lipinski definition) is 1. The molecular formula is C12H13N3O2. The van der Waals surface area contributed by atoms with Gasteiger partial charge in [0.25, 0.3) is 0 Å². The number of aromatic nitrogens is 3. The number of carboxylic acid groups (broad SMARTS) is 1. The molecule has 1 N–H and O–H groups in total. The first-order chi connectivity index (χ1) is 8.13. The van der Waals surface area contributed by atoms with Gasteiger partial charge < -0.3 is 5.11 Å². The number of rotatable bonds is 3. The van der Waals surface area contributed by atoms with E-state index in [-0.39, 0.29) is 5.69 Å². The molecule has 0 aliphatic rings. The van der Waals surface area contributed by atoms with Crippen LogP contribution in [-0.4, -0.2) is 25.8 Å². The van der Waals surface area contributed by atoms with E-state index in [1.807, 2.05) is 19.9 Å². The lowest BCUT2D eigenvalue weighted by Gasteiger charge is -2.03. The molecule has 0 saturated heterocycles. The van der Waals surface area contributed by atoms with Gasteiger partial charge in [-0.05, 0) is 25.5 Å². The van der Waals surface area contributed by atoms with Crippen LogP contribution in [0, 0.1) is 6.92 Å². The Morgan fingerprint density at radius 1 is 1.41 bits per heavy atom. The summed E-state index contributed by atoms with van der Waals surface area (Å²) in [7, 11) is 0. The minimum absolute atomic E-state index is 0.184. The fourth-order valence-electron chi connectivity index (χ4n) is 1.67. The lowest BCUT2D eigenvalue weighted by Crippen LogP contribution is -2.09. The molecule has 2 aromatic heterocycles. The van der Waals surface area contributed by atoms with Crippen LogP contribution in [0.25, 0.3) is 11.3 Å². The number of carboxylic acids is 1. The number of carbonyl (C=O) groups is 1. The largest absolute Gasteiger partial charge is 0.477 e. The molecule has 0 bridgehead atoms. The number of nitrogens with zero attached hydrogens (tertiary/aromatic N) is 3. The van der Waals surface area contributed by atoms with E-state index >= 15 is 0 Å². The summed E-state index contributed by atoms with van der Waals surface area (Å²) >= 11 is 0. The third-order valence-corrected chi connectivity index (χ3v) is 2.53. The van der Waals surface area contributed by atoms with Crippen molar-refractivity contribution in [3.05, 3.63) is 35.8 Å². The Hall–Kier alpha value is -2.17. The van der Waals surface area contributed by atoms with Gasteiger partial charge >= 0.3 is 5.97 Å². The predicted molar refractivity (Wildman–Crippen MR) is 62.8 cm³/mol. The maximum atomic E-state index is 11.2. The van der Waals surface area contributed by atoms with Crippen molar-refractivity contribution >= 4 is 5.97 Å². The molecule has 0 unspecified atom stereocenters. The predicted octanol–water partition coefficient (Wildman–Crippen LogP) is 1.97. The Balaban J connectivity index is 2.55. The first-order valence-electron chi connectivity index (χ1n) is 5.35. The van der Waals surface area contributed by atoms with Gasteiger partial charge in [-0.3, -0.25) is 9.67 Å². The highest BCUT2D eigenvalue weighted by atomic mass is 16.4. The summed E-state index contributed by atoms with van der Waals surface area (Å²) in [6.07, 6.45) is 3.26. The van der Waals surface area contributed by atoms with E-state index in [0.717, 1.165) is 5.56 Å². The Bertz CT molecular complexity index is 543. The molecule has 2 aromatic rings. The molecule has 0 spiro atoms. The molecule has 0 atom stereocenters. The van der Waals surface area contributed by atoms with Gasteiger partial charge in [-0.2, -0.15) is 5.10 Å².